The molecule has 10 heteroatoms. The Morgan fingerprint density at radius 1 is 1.13 bits per heavy atom. The second-order valence-corrected chi connectivity index (χ2v) is 7.51. The number of hydrogen-bond donors (Lipinski definition) is 0. The number of aryl methyl sites for hydroxylation is 1. The van der Waals surface area contributed by atoms with Gasteiger partial charge in [-0.3, -0.25) is 4.79 Å². The average molecular weight is 460 g/mol. The van der Waals surface area contributed by atoms with E-state index >= 15 is 0 Å². The lowest BCUT2D eigenvalue weighted by molar-refractivity contribution is -0.275. The highest BCUT2D eigenvalue weighted by Gasteiger charge is 2.62. The van der Waals surface area contributed by atoms with Crippen molar-refractivity contribution in [2.24, 2.45) is 5.16 Å². The molecule has 0 amide bonds. The fourth-order valence-electron chi connectivity index (χ4n) is 3.15. The largest absolute Gasteiger partial charge is 0.463 e. The van der Waals surface area contributed by atoms with E-state index in [1.165, 1.54) is 24.3 Å². The molecule has 1 aliphatic heterocycles. The van der Waals surface area contributed by atoms with Crippen LogP contribution in [0.1, 0.15) is 33.5 Å². The summed E-state index contributed by atoms with van der Waals surface area (Å²) in [5.74, 6) is -1.90. The van der Waals surface area contributed by atoms with Crippen molar-refractivity contribution in [3.8, 4) is 0 Å². The van der Waals surface area contributed by atoms with Crippen molar-refractivity contribution in [3.05, 3.63) is 68.7 Å². The van der Waals surface area contributed by atoms with Gasteiger partial charge in [0.15, 0.2) is 0 Å². The molecule has 1 atom stereocenters. The van der Waals surface area contributed by atoms with Crippen LogP contribution in [-0.4, -0.2) is 30.8 Å². The molecule has 2 aromatic rings. The van der Waals surface area contributed by atoms with E-state index in [2.05, 4.69) is 9.89 Å². The number of hydrogen-bond acceptors (Lipinski definition) is 5. The predicted octanol–water partition coefficient (Wildman–Crippen LogP) is 5.24. The van der Waals surface area contributed by atoms with Crippen LogP contribution in [0.5, 0.6) is 0 Å². The van der Waals surface area contributed by atoms with E-state index in [1.54, 1.807) is 6.92 Å². The first-order chi connectivity index (χ1) is 14.0. The van der Waals surface area contributed by atoms with Gasteiger partial charge in [-0.2, -0.15) is 13.2 Å². The summed E-state index contributed by atoms with van der Waals surface area (Å²) in [5.41, 5.74) is -2.25. The lowest BCUT2D eigenvalue weighted by Gasteiger charge is -2.29. The minimum atomic E-state index is -4.82. The number of methoxy groups -OCH3 is 1. The van der Waals surface area contributed by atoms with Crippen LogP contribution in [0, 0.1) is 6.92 Å². The molecular formula is C20H14Cl2F3NO4. The first-order valence-corrected chi connectivity index (χ1v) is 9.26. The third-order valence-corrected chi connectivity index (χ3v) is 5.13. The van der Waals surface area contributed by atoms with E-state index in [-0.39, 0.29) is 26.9 Å². The smallest absolute Gasteiger partial charge is 0.435 e. The number of benzene rings is 2. The molecule has 0 aromatic heterocycles. The molecule has 2 aromatic carbocycles. The first-order valence-electron chi connectivity index (χ1n) is 8.50. The zero-order chi connectivity index (χ0) is 22.3. The fraction of sp³-hybridized carbons (Fsp3) is 0.250. The van der Waals surface area contributed by atoms with Gasteiger partial charge in [0.25, 0.3) is 11.4 Å². The molecule has 3 rings (SSSR count). The van der Waals surface area contributed by atoms with Crippen molar-refractivity contribution in [2.45, 2.75) is 25.1 Å². The molecule has 158 valence electrons. The molecule has 5 nitrogen and oxygen atoms in total. The van der Waals surface area contributed by atoms with Crippen LogP contribution >= 0.6 is 23.2 Å². The van der Waals surface area contributed by atoms with Gasteiger partial charge >= 0.3 is 12.1 Å². The number of alkyl halides is 3. The lowest BCUT2D eigenvalue weighted by atomic mass is 9.86. The van der Waals surface area contributed by atoms with E-state index in [1.807, 2.05) is 0 Å². The van der Waals surface area contributed by atoms with Crippen molar-refractivity contribution in [3.63, 3.8) is 0 Å². The highest BCUT2D eigenvalue weighted by Crippen LogP contribution is 2.49. The van der Waals surface area contributed by atoms with Gasteiger partial charge in [0.2, 0.25) is 0 Å². The summed E-state index contributed by atoms with van der Waals surface area (Å²) in [7, 11) is 1.08. The van der Waals surface area contributed by atoms with Crippen LogP contribution in [0.2, 0.25) is 10.0 Å². The van der Waals surface area contributed by atoms with Gasteiger partial charge in [0.05, 0.1) is 12.8 Å². The molecule has 1 unspecified atom stereocenters. The third kappa shape index (κ3) is 3.89. The van der Waals surface area contributed by atoms with Crippen LogP contribution in [0.4, 0.5) is 13.2 Å². The number of ether oxygens (including phenoxy) is 1. The van der Waals surface area contributed by atoms with E-state index in [4.69, 9.17) is 28.0 Å². The second-order valence-electron chi connectivity index (χ2n) is 6.64. The average Bonchev–Trinajstić information content (AvgIpc) is 3.13. The van der Waals surface area contributed by atoms with Gasteiger partial charge < -0.3 is 9.57 Å². The number of rotatable bonds is 4. The third-order valence-electron chi connectivity index (χ3n) is 4.69. The van der Waals surface area contributed by atoms with Gasteiger partial charge in [-0.15, -0.1) is 0 Å². The topological polar surface area (TPSA) is 65.0 Å². The van der Waals surface area contributed by atoms with E-state index < -0.39 is 30.0 Å². The summed E-state index contributed by atoms with van der Waals surface area (Å²) in [6, 6.07) is 7.74. The van der Waals surface area contributed by atoms with Crippen LogP contribution in [-0.2, 0) is 20.0 Å². The molecular weight excluding hydrogens is 446 g/mol. The molecule has 0 saturated carbocycles. The highest BCUT2D eigenvalue weighted by atomic mass is 35.5. The summed E-state index contributed by atoms with van der Waals surface area (Å²) in [4.78, 5) is 28.4. The number of carbonyl (C=O) groups is 2. The number of nitrogens with zero attached hydrogens (tertiary/aromatic N) is 1. The van der Waals surface area contributed by atoms with E-state index in [9.17, 15) is 22.8 Å². The van der Waals surface area contributed by atoms with Gasteiger partial charge in [0, 0.05) is 27.6 Å². The Hall–Kier alpha value is -2.58. The molecule has 0 saturated heterocycles. The number of oxime groups is 1. The van der Waals surface area contributed by atoms with Crippen molar-refractivity contribution >= 4 is 40.7 Å². The molecule has 0 aliphatic carbocycles. The first kappa shape index (κ1) is 22.1. The maximum Gasteiger partial charge on any atom is 0.435 e. The Kier molecular flexibility index (Phi) is 5.84. The number of halogens is 5. The molecule has 0 radical (unpaired) electrons. The Bertz CT molecular complexity index is 1050. The zero-order valence-electron chi connectivity index (χ0n) is 15.6. The van der Waals surface area contributed by atoms with Crippen molar-refractivity contribution in [2.75, 3.05) is 7.11 Å². The van der Waals surface area contributed by atoms with Gasteiger partial charge in [-0.1, -0.05) is 34.4 Å². The van der Waals surface area contributed by atoms with Crippen LogP contribution in [0.15, 0.2) is 41.6 Å². The quantitative estimate of drug-likeness (QED) is 0.356. The molecule has 0 bridgehead atoms. The maximum absolute atomic E-state index is 14.1. The minimum absolute atomic E-state index is 0.0172. The number of ketones is 1. The Labute approximate surface area is 179 Å². The SMILES string of the molecule is COC(=O)C(=O)c1ccc(C2=NOC(c3cc(Cl)cc(Cl)c3)(C(F)(F)F)C2)cc1C. The molecule has 0 fully saturated rings. The van der Waals surface area contributed by atoms with Gasteiger partial charge in [-0.05, 0) is 48.4 Å². The Morgan fingerprint density at radius 2 is 1.77 bits per heavy atom. The van der Waals surface area contributed by atoms with Crippen molar-refractivity contribution in [1.29, 1.82) is 0 Å². The normalized spacial score (nSPS) is 18.6. The van der Waals surface area contributed by atoms with Crippen molar-refractivity contribution < 1.29 is 32.3 Å². The molecule has 1 heterocycles. The number of esters is 1. The highest BCUT2D eigenvalue weighted by molar-refractivity contribution is 6.41. The summed E-state index contributed by atoms with van der Waals surface area (Å²) in [5, 5.41) is 3.72. The lowest BCUT2D eigenvalue weighted by Crippen LogP contribution is -2.42. The van der Waals surface area contributed by atoms with Crippen LogP contribution in [0.25, 0.3) is 0 Å². The molecule has 1 aliphatic rings. The molecule has 0 spiro atoms. The van der Waals surface area contributed by atoms with Gasteiger partial charge in [0.1, 0.15) is 0 Å². The number of Topliss-reactive ketones (excluding diaryl/α,β-unsaturated/α-hetero) is 1. The summed E-state index contributed by atoms with van der Waals surface area (Å²) >= 11 is 11.8. The van der Waals surface area contributed by atoms with Crippen LogP contribution in [0.3, 0.4) is 0 Å². The summed E-state index contributed by atoms with van der Waals surface area (Å²) < 4.78 is 46.6. The molecule has 0 N–H and O–H groups in total. The van der Waals surface area contributed by atoms with E-state index in [0.717, 1.165) is 19.2 Å². The zero-order valence-corrected chi connectivity index (χ0v) is 17.2. The predicted molar refractivity (Wildman–Crippen MR) is 104 cm³/mol. The van der Waals surface area contributed by atoms with Crippen LogP contribution < -0.4 is 0 Å². The standard InChI is InChI=1S/C20H14Cl2F3NO4/c1-10-5-11(3-4-15(10)17(27)18(28)29-2)16-9-19(30-26-16,20(23,24)25)12-6-13(21)8-14(22)7-12/h3-8H,9H2,1-2H3. The monoisotopic (exact) mass is 459 g/mol. The fourth-order valence-corrected chi connectivity index (χ4v) is 3.67. The molecule has 30 heavy (non-hydrogen) atoms. The number of carbonyl (C=O) groups excluding carboxylic acids is 2. The Morgan fingerprint density at radius 3 is 2.30 bits per heavy atom. The summed E-state index contributed by atoms with van der Waals surface area (Å²) in [6.07, 6.45) is -5.45. The van der Waals surface area contributed by atoms with Crippen molar-refractivity contribution in [1.82, 2.24) is 0 Å². The Balaban J connectivity index is 1.98. The second kappa shape index (κ2) is 7.92. The van der Waals surface area contributed by atoms with Gasteiger partial charge in [-0.25, -0.2) is 4.79 Å². The minimum Gasteiger partial charge on any atom is -0.463 e. The summed E-state index contributed by atoms with van der Waals surface area (Å²) in [6.45, 7) is 1.55. The maximum atomic E-state index is 14.1. The van der Waals surface area contributed by atoms with E-state index in [0.29, 0.717) is 11.1 Å².